The number of aromatic carboxylic acids is 1. The monoisotopic (exact) mass is 442 g/mol. The van der Waals surface area contributed by atoms with E-state index in [0.29, 0.717) is 11.1 Å². The van der Waals surface area contributed by atoms with Crippen LogP contribution in [0.2, 0.25) is 0 Å². The number of benzene rings is 3. The lowest BCUT2D eigenvalue weighted by atomic mass is 10.1. The normalized spacial score (nSPS) is 10.6. The van der Waals surface area contributed by atoms with Crippen molar-refractivity contribution in [2.45, 2.75) is 0 Å². The van der Waals surface area contributed by atoms with Crippen LogP contribution < -0.4 is 14.8 Å². The maximum atomic E-state index is 12.6. The minimum atomic E-state index is -1.21. The molecule has 1 amide bonds. The zero-order valence-electron chi connectivity index (χ0n) is 17.4. The quantitative estimate of drug-likeness (QED) is 0.244. The van der Waals surface area contributed by atoms with E-state index in [1.165, 1.54) is 43.5 Å². The van der Waals surface area contributed by atoms with Gasteiger partial charge in [-0.05, 0) is 48.0 Å². The number of carbonyl (C=O) groups is 3. The molecule has 3 rings (SSSR count). The average molecular weight is 442 g/mol. The summed E-state index contributed by atoms with van der Waals surface area (Å²) in [6, 6.07) is 20.6. The number of amides is 1. The molecule has 0 spiro atoms. The second-order valence-electron chi connectivity index (χ2n) is 6.64. The Morgan fingerprint density at radius 1 is 0.970 bits per heavy atom. The molecule has 164 valence electrons. The van der Waals surface area contributed by atoms with Crippen LogP contribution in [-0.4, -0.2) is 30.1 Å². The van der Waals surface area contributed by atoms with Gasteiger partial charge in [-0.3, -0.25) is 4.79 Å². The number of carboxylic acids is 1. The SMILES string of the molecule is COc1cc(/C=C(\C#N)C(=O)Nc2ccccc2C(=O)O)ccc1OC(=O)c1ccccc1. The van der Waals surface area contributed by atoms with E-state index in [2.05, 4.69) is 5.32 Å². The van der Waals surface area contributed by atoms with Crippen molar-refractivity contribution in [3.8, 4) is 17.6 Å². The number of hydrogen-bond donors (Lipinski definition) is 2. The standard InChI is InChI=1S/C25H18N2O6/c1-32-22-14-16(11-12-21(22)33-25(31)17-7-3-2-4-8-17)13-18(15-26)23(28)27-20-10-6-5-9-19(20)24(29)30/h2-14H,1H3,(H,27,28)(H,29,30)/b18-13+. The lowest BCUT2D eigenvalue weighted by Gasteiger charge is -2.10. The van der Waals surface area contributed by atoms with E-state index in [4.69, 9.17) is 9.47 Å². The van der Waals surface area contributed by atoms with Crippen LogP contribution in [0, 0.1) is 11.3 Å². The number of nitrogens with zero attached hydrogens (tertiary/aromatic N) is 1. The van der Waals surface area contributed by atoms with Crippen molar-refractivity contribution in [2.24, 2.45) is 0 Å². The zero-order chi connectivity index (χ0) is 23.8. The van der Waals surface area contributed by atoms with Gasteiger partial charge in [0.15, 0.2) is 11.5 Å². The Hall–Kier alpha value is -4.90. The molecule has 8 nitrogen and oxygen atoms in total. The molecular weight excluding hydrogens is 424 g/mol. The van der Waals surface area contributed by atoms with Crippen LogP contribution in [0.25, 0.3) is 6.08 Å². The number of para-hydroxylation sites is 1. The van der Waals surface area contributed by atoms with E-state index in [1.807, 2.05) is 0 Å². The van der Waals surface area contributed by atoms with Crippen molar-refractivity contribution in [3.05, 3.63) is 95.1 Å². The number of nitriles is 1. The Bertz CT molecular complexity index is 1280. The van der Waals surface area contributed by atoms with Crippen molar-refractivity contribution in [1.82, 2.24) is 0 Å². The number of esters is 1. The number of anilines is 1. The number of hydrogen-bond acceptors (Lipinski definition) is 6. The fourth-order valence-electron chi connectivity index (χ4n) is 2.87. The molecule has 0 saturated heterocycles. The second kappa shape index (κ2) is 10.4. The summed E-state index contributed by atoms with van der Waals surface area (Å²) >= 11 is 0. The third-order valence-electron chi connectivity index (χ3n) is 4.48. The van der Waals surface area contributed by atoms with Crippen LogP contribution >= 0.6 is 0 Å². The molecule has 0 aromatic heterocycles. The van der Waals surface area contributed by atoms with Crippen LogP contribution in [0.3, 0.4) is 0 Å². The van der Waals surface area contributed by atoms with E-state index < -0.39 is 17.8 Å². The molecule has 0 saturated carbocycles. The van der Waals surface area contributed by atoms with Crippen molar-refractivity contribution in [3.63, 3.8) is 0 Å². The first-order valence-electron chi connectivity index (χ1n) is 9.63. The predicted molar refractivity (Wildman–Crippen MR) is 120 cm³/mol. The van der Waals surface area contributed by atoms with Gasteiger partial charge in [-0.1, -0.05) is 36.4 Å². The van der Waals surface area contributed by atoms with Crippen LogP contribution in [0.1, 0.15) is 26.3 Å². The number of carboxylic acid groups (broad SMARTS) is 1. The summed E-state index contributed by atoms with van der Waals surface area (Å²) in [5, 5.41) is 21.1. The number of carbonyl (C=O) groups excluding carboxylic acids is 2. The predicted octanol–water partition coefficient (Wildman–Crippen LogP) is 4.16. The minimum Gasteiger partial charge on any atom is -0.493 e. The molecule has 0 aliphatic carbocycles. The van der Waals surface area contributed by atoms with Gasteiger partial charge < -0.3 is 19.9 Å². The fraction of sp³-hybridized carbons (Fsp3) is 0.0400. The van der Waals surface area contributed by atoms with E-state index in [9.17, 15) is 24.8 Å². The molecule has 0 heterocycles. The summed E-state index contributed by atoms with van der Waals surface area (Å²) < 4.78 is 10.7. The summed E-state index contributed by atoms with van der Waals surface area (Å²) in [5.41, 5.74) is 0.510. The van der Waals surface area contributed by atoms with Crippen LogP contribution in [0.4, 0.5) is 5.69 Å². The molecule has 8 heteroatoms. The highest BCUT2D eigenvalue weighted by Gasteiger charge is 2.16. The van der Waals surface area contributed by atoms with Gasteiger partial charge in [-0.15, -0.1) is 0 Å². The molecule has 0 bridgehead atoms. The minimum absolute atomic E-state index is 0.0666. The van der Waals surface area contributed by atoms with E-state index in [-0.39, 0.29) is 28.3 Å². The highest BCUT2D eigenvalue weighted by atomic mass is 16.6. The van der Waals surface area contributed by atoms with Crippen molar-refractivity contribution in [1.29, 1.82) is 5.26 Å². The number of rotatable bonds is 7. The summed E-state index contributed by atoms with van der Waals surface area (Å²) in [6.07, 6.45) is 1.31. The lowest BCUT2D eigenvalue weighted by Crippen LogP contribution is -2.16. The topological polar surface area (TPSA) is 126 Å². The van der Waals surface area contributed by atoms with Gasteiger partial charge in [0.25, 0.3) is 5.91 Å². The van der Waals surface area contributed by atoms with Gasteiger partial charge in [0.05, 0.1) is 23.9 Å². The Kier molecular flexibility index (Phi) is 7.19. The van der Waals surface area contributed by atoms with E-state index in [0.717, 1.165) is 0 Å². The Balaban J connectivity index is 1.82. The fourth-order valence-corrected chi connectivity index (χ4v) is 2.87. The van der Waals surface area contributed by atoms with Gasteiger partial charge in [0.2, 0.25) is 0 Å². The summed E-state index contributed by atoms with van der Waals surface area (Å²) in [6.45, 7) is 0. The average Bonchev–Trinajstić information content (AvgIpc) is 2.83. The molecule has 3 aromatic carbocycles. The van der Waals surface area contributed by atoms with E-state index >= 15 is 0 Å². The molecule has 0 fully saturated rings. The Labute approximate surface area is 189 Å². The first-order valence-corrected chi connectivity index (χ1v) is 9.63. The second-order valence-corrected chi connectivity index (χ2v) is 6.64. The third kappa shape index (κ3) is 5.62. The van der Waals surface area contributed by atoms with Crippen LogP contribution in [0.5, 0.6) is 11.5 Å². The van der Waals surface area contributed by atoms with Crippen LogP contribution in [-0.2, 0) is 4.79 Å². The maximum Gasteiger partial charge on any atom is 0.343 e. The van der Waals surface area contributed by atoms with Gasteiger partial charge in [-0.25, -0.2) is 9.59 Å². The molecule has 0 radical (unpaired) electrons. The molecule has 2 N–H and O–H groups in total. The van der Waals surface area contributed by atoms with Crippen molar-refractivity contribution in [2.75, 3.05) is 12.4 Å². The van der Waals surface area contributed by atoms with Crippen LogP contribution in [0.15, 0.2) is 78.4 Å². The Morgan fingerprint density at radius 2 is 1.67 bits per heavy atom. The smallest absolute Gasteiger partial charge is 0.343 e. The molecular formula is C25H18N2O6. The summed E-state index contributed by atoms with van der Waals surface area (Å²) in [5.74, 6) is -2.15. The number of nitrogens with one attached hydrogen (secondary N) is 1. The summed E-state index contributed by atoms with van der Waals surface area (Å²) in [7, 11) is 1.39. The largest absolute Gasteiger partial charge is 0.493 e. The highest BCUT2D eigenvalue weighted by Crippen LogP contribution is 2.30. The van der Waals surface area contributed by atoms with E-state index in [1.54, 1.807) is 48.5 Å². The lowest BCUT2D eigenvalue weighted by molar-refractivity contribution is -0.112. The molecule has 0 unspecified atom stereocenters. The Morgan fingerprint density at radius 3 is 2.33 bits per heavy atom. The third-order valence-corrected chi connectivity index (χ3v) is 4.48. The van der Waals surface area contributed by atoms with Gasteiger partial charge >= 0.3 is 11.9 Å². The highest BCUT2D eigenvalue weighted by molar-refractivity contribution is 6.11. The van der Waals surface area contributed by atoms with Crippen molar-refractivity contribution >= 4 is 29.6 Å². The first kappa shape index (κ1) is 22.8. The molecule has 0 aliphatic heterocycles. The zero-order valence-corrected chi connectivity index (χ0v) is 17.4. The maximum absolute atomic E-state index is 12.6. The van der Waals surface area contributed by atoms with Gasteiger partial charge in [0.1, 0.15) is 11.6 Å². The molecule has 3 aromatic rings. The molecule has 0 atom stereocenters. The number of ether oxygens (including phenoxy) is 2. The number of methoxy groups -OCH3 is 1. The molecule has 33 heavy (non-hydrogen) atoms. The van der Waals surface area contributed by atoms with Gasteiger partial charge in [0, 0.05) is 0 Å². The first-order chi connectivity index (χ1) is 15.9. The van der Waals surface area contributed by atoms with Crippen molar-refractivity contribution < 1.29 is 29.0 Å². The van der Waals surface area contributed by atoms with Gasteiger partial charge in [-0.2, -0.15) is 5.26 Å². The molecule has 0 aliphatic rings. The summed E-state index contributed by atoms with van der Waals surface area (Å²) in [4.78, 5) is 36.2.